The van der Waals surface area contributed by atoms with Gasteiger partial charge in [0.2, 0.25) is 0 Å². The van der Waals surface area contributed by atoms with Gasteiger partial charge in [-0.05, 0) is 82.8 Å². The Morgan fingerprint density at radius 2 is 1.85 bits per heavy atom. The number of piperazine rings is 1. The van der Waals surface area contributed by atoms with E-state index in [0.717, 1.165) is 37.9 Å². The van der Waals surface area contributed by atoms with Gasteiger partial charge in [-0.25, -0.2) is 4.98 Å². The van der Waals surface area contributed by atoms with E-state index in [2.05, 4.69) is 15.2 Å². The monoisotopic (exact) mass is 456 g/mol. The van der Waals surface area contributed by atoms with Crippen molar-refractivity contribution in [2.75, 3.05) is 24.5 Å². The number of anilines is 1. The first-order valence-electron chi connectivity index (χ1n) is 12.3. The van der Waals surface area contributed by atoms with Crippen molar-refractivity contribution in [1.82, 2.24) is 15.2 Å². The van der Waals surface area contributed by atoms with Crippen LogP contribution < -0.4 is 10.2 Å². The summed E-state index contributed by atoms with van der Waals surface area (Å²) in [6.07, 6.45) is 4.72. The molecule has 33 heavy (non-hydrogen) atoms. The van der Waals surface area contributed by atoms with E-state index in [1.165, 1.54) is 13.8 Å². The Labute approximate surface area is 195 Å². The maximum atomic E-state index is 13.1. The molecule has 2 amide bonds. The first-order chi connectivity index (χ1) is 15.5. The number of rotatable bonds is 4. The lowest BCUT2D eigenvalue weighted by molar-refractivity contribution is -0.148. The van der Waals surface area contributed by atoms with Gasteiger partial charge in [-0.1, -0.05) is 6.07 Å². The van der Waals surface area contributed by atoms with Crippen molar-refractivity contribution in [3.05, 3.63) is 23.9 Å². The standard InChI is InChI=1S/C25H36N4O4/c1-15-14-28(23(31)24(2,3)32)7-8-29(15)20-6-4-5-19(26-20)22(30)27-21-17-9-16-10-18(21)13-25(33,11-16)12-17/h4-6,15-18,21,32-33H,7-14H2,1-3H3,(H,27,30)/t15-,16?,17?,18?,21-,25-/m1/s1. The average Bonchev–Trinajstić information content (AvgIpc) is 2.74. The molecule has 5 fully saturated rings. The number of pyridine rings is 1. The van der Waals surface area contributed by atoms with E-state index in [1.54, 1.807) is 11.0 Å². The fourth-order valence-corrected chi connectivity index (χ4v) is 7.02. The maximum Gasteiger partial charge on any atom is 0.270 e. The molecule has 2 heterocycles. The van der Waals surface area contributed by atoms with Gasteiger partial charge in [-0.3, -0.25) is 9.59 Å². The fourth-order valence-electron chi connectivity index (χ4n) is 7.02. The molecule has 180 valence electrons. The molecule has 1 saturated heterocycles. The van der Waals surface area contributed by atoms with Crippen LogP contribution >= 0.6 is 0 Å². The summed E-state index contributed by atoms with van der Waals surface area (Å²) >= 11 is 0. The van der Waals surface area contributed by atoms with Crippen LogP contribution in [0.4, 0.5) is 5.82 Å². The maximum absolute atomic E-state index is 13.1. The molecule has 3 atom stereocenters. The molecule has 1 aromatic rings. The molecule has 0 spiro atoms. The van der Waals surface area contributed by atoms with Crippen LogP contribution in [0.1, 0.15) is 63.4 Å². The highest BCUT2D eigenvalue weighted by Crippen LogP contribution is 2.55. The fraction of sp³-hybridized carbons (Fsp3) is 0.720. The third kappa shape index (κ3) is 4.23. The number of aliphatic hydroxyl groups is 2. The highest BCUT2D eigenvalue weighted by Gasteiger charge is 2.55. The SMILES string of the molecule is C[C@@H]1CN(C(=O)C(C)(C)O)CCN1c1cccc(C(=O)N[C@H]2C3CC4CC2C[C@](O)(C4)C3)n1. The molecule has 6 rings (SSSR count). The van der Waals surface area contributed by atoms with Crippen LogP contribution in [0, 0.1) is 17.8 Å². The Kier molecular flexibility index (Phi) is 5.44. The van der Waals surface area contributed by atoms with Crippen LogP contribution in [-0.2, 0) is 4.79 Å². The summed E-state index contributed by atoms with van der Waals surface area (Å²) in [5.74, 6) is 1.63. The Hall–Kier alpha value is -2.19. The summed E-state index contributed by atoms with van der Waals surface area (Å²) in [6, 6.07) is 5.65. The van der Waals surface area contributed by atoms with Crippen molar-refractivity contribution in [3.8, 4) is 0 Å². The third-order valence-corrected chi connectivity index (χ3v) is 8.24. The van der Waals surface area contributed by atoms with E-state index in [4.69, 9.17) is 0 Å². The summed E-state index contributed by atoms with van der Waals surface area (Å²) in [7, 11) is 0. The summed E-state index contributed by atoms with van der Waals surface area (Å²) in [6.45, 7) is 6.64. The summed E-state index contributed by atoms with van der Waals surface area (Å²) in [5, 5.41) is 24.1. The second kappa shape index (κ2) is 7.94. The molecular formula is C25H36N4O4. The number of amides is 2. The number of carbonyl (C=O) groups is 2. The van der Waals surface area contributed by atoms with Crippen LogP contribution in [0.2, 0.25) is 0 Å². The summed E-state index contributed by atoms with van der Waals surface area (Å²) in [4.78, 5) is 34.1. The molecule has 0 aromatic carbocycles. The molecule has 1 aromatic heterocycles. The average molecular weight is 457 g/mol. The van der Waals surface area contributed by atoms with Gasteiger partial charge < -0.3 is 25.3 Å². The van der Waals surface area contributed by atoms with E-state index in [1.807, 2.05) is 19.1 Å². The quantitative estimate of drug-likeness (QED) is 0.635. The highest BCUT2D eigenvalue weighted by atomic mass is 16.3. The number of nitrogens with one attached hydrogen (secondary N) is 1. The summed E-state index contributed by atoms with van der Waals surface area (Å²) in [5.41, 5.74) is -1.49. The number of hydrogen-bond donors (Lipinski definition) is 3. The minimum Gasteiger partial charge on any atom is -0.390 e. The van der Waals surface area contributed by atoms with Crippen molar-refractivity contribution in [2.24, 2.45) is 17.8 Å². The molecule has 0 radical (unpaired) electrons. The molecule has 8 heteroatoms. The van der Waals surface area contributed by atoms with E-state index < -0.39 is 11.2 Å². The third-order valence-electron chi connectivity index (χ3n) is 8.24. The van der Waals surface area contributed by atoms with Gasteiger partial charge in [0.05, 0.1) is 5.60 Å². The van der Waals surface area contributed by atoms with Gasteiger partial charge in [0.1, 0.15) is 17.1 Å². The number of hydrogen-bond acceptors (Lipinski definition) is 6. The molecule has 4 saturated carbocycles. The molecule has 3 N–H and O–H groups in total. The van der Waals surface area contributed by atoms with E-state index in [9.17, 15) is 19.8 Å². The lowest BCUT2D eigenvalue weighted by Crippen LogP contribution is -2.61. The van der Waals surface area contributed by atoms with Gasteiger partial charge in [-0.2, -0.15) is 0 Å². The minimum absolute atomic E-state index is 0.0148. The first kappa shape index (κ1) is 22.6. The Morgan fingerprint density at radius 3 is 2.45 bits per heavy atom. The number of carbonyl (C=O) groups excluding carboxylic acids is 2. The zero-order valence-electron chi connectivity index (χ0n) is 19.8. The number of nitrogens with zero attached hydrogens (tertiary/aromatic N) is 3. The zero-order chi connectivity index (χ0) is 23.5. The smallest absolute Gasteiger partial charge is 0.270 e. The zero-order valence-corrected chi connectivity index (χ0v) is 19.8. The highest BCUT2D eigenvalue weighted by molar-refractivity contribution is 5.93. The second-order valence-corrected chi connectivity index (χ2v) is 11.4. The number of aromatic nitrogens is 1. The first-order valence-corrected chi connectivity index (χ1v) is 12.3. The van der Waals surface area contributed by atoms with E-state index in [-0.39, 0.29) is 23.9 Å². The molecule has 4 aliphatic carbocycles. The van der Waals surface area contributed by atoms with Crippen LogP contribution in [-0.4, -0.2) is 74.8 Å². The van der Waals surface area contributed by atoms with Crippen molar-refractivity contribution < 1.29 is 19.8 Å². The molecule has 8 nitrogen and oxygen atoms in total. The van der Waals surface area contributed by atoms with Crippen LogP contribution in [0.15, 0.2) is 18.2 Å². The molecular weight excluding hydrogens is 420 g/mol. The Balaban J connectivity index is 1.25. The Morgan fingerprint density at radius 1 is 1.15 bits per heavy atom. The van der Waals surface area contributed by atoms with Crippen molar-refractivity contribution in [3.63, 3.8) is 0 Å². The largest absolute Gasteiger partial charge is 0.390 e. The Bertz CT molecular complexity index is 929. The lowest BCUT2D eigenvalue weighted by atomic mass is 9.52. The van der Waals surface area contributed by atoms with Crippen LogP contribution in [0.3, 0.4) is 0 Å². The van der Waals surface area contributed by atoms with Crippen molar-refractivity contribution in [2.45, 2.75) is 76.2 Å². The van der Waals surface area contributed by atoms with Gasteiger partial charge in [0, 0.05) is 31.7 Å². The molecule has 1 aliphatic heterocycles. The molecule has 4 bridgehead atoms. The van der Waals surface area contributed by atoms with Crippen LogP contribution in [0.25, 0.3) is 0 Å². The van der Waals surface area contributed by atoms with E-state index >= 15 is 0 Å². The van der Waals surface area contributed by atoms with Gasteiger partial charge >= 0.3 is 0 Å². The lowest BCUT2D eigenvalue weighted by Gasteiger charge is -2.58. The van der Waals surface area contributed by atoms with Gasteiger partial charge in [0.25, 0.3) is 11.8 Å². The van der Waals surface area contributed by atoms with Gasteiger partial charge in [0.15, 0.2) is 0 Å². The second-order valence-electron chi connectivity index (χ2n) is 11.4. The topological polar surface area (TPSA) is 106 Å². The van der Waals surface area contributed by atoms with Crippen LogP contribution in [0.5, 0.6) is 0 Å². The predicted molar refractivity (Wildman–Crippen MR) is 124 cm³/mol. The molecule has 2 unspecified atom stereocenters. The minimum atomic E-state index is -1.38. The molecule has 5 aliphatic rings. The van der Waals surface area contributed by atoms with Crippen molar-refractivity contribution >= 4 is 17.6 Å². The predicted octanol–water partition coefficient (Wildman–Crippen LogP) is 1.56. The van der Waals surface area contributed by atoms with Gasteiger partial charge in [-0.15, -0.1) is 0 Å². The van der Waals surface area contributed by atoms with Crippen molar-refractivity contribution in [1.29, 1.82) is 0 Å². The van der Waals surface area contributed by atoms with E-state index in [0.29, 0.717) is 43.1 Å². The summed E-state index contributed by atoms with van der Waals surface area (Å²) < 4.78 is 0. The normalized spacial score (nSPS) is 35.6.